The van der Waals surface area contributed by atoms with Crippen LogP contribution in [-0.2, 0) is 17.7 Å². The smallest absolute Gasteiger partial charge is 0.324 e. The lowest BCUT2D eigenvalue weighted by atomic mass is 10.0. The molecule has 0 aliphatic carbocycles. The zero-order valence-electron chi connectivity index (χ0n) is 17.4. The Bertz CT molecular complexity index is 513. The minimum absolute atomic E-state index is 0.0967. The highest BCUT2D eigenvalue weighted by Crippen LogP contribution is 2.33. The van der Waals surface area contributed by atoms with Crippen LogP contribution in [0.1, 0.15) is 96.8 Å². The lowest BCUT2D eigenvalue weighted by Crippen LogP contribution is -2.30. The van der Waals surface area contributed by atoms with Gasteiger partial charge in [-0.25, -0.2) is 9.13 Å². The minimum Gasteiger partial charge on any atom is -0.324 e. The molecule has 0 unspecified atom stereocenters. The molecule has 1 aromatic heterocycles. The molecular formula is C21H42N2O3P+. The number of hydrogen-bond donors (Lipinski definition) is 2. The zero-order valence-corrected chi connectivity index (χ0v) is 18.3. The molecule has 0 saturated heterocycles. The second-order valence-electron chi connectivity index (χ2n) is 7.87. The Hall–Kier alpha value is -0.640. The van der Waals surface area contributed by atoms with Crippen molar-refractivity contribution >= 4 is 7.60 Å². The molecule has 2 N–H and O–H groups in total. The molecule has 0 spiro atoms. The second kappa shape index (κ2) is 15.3. The molecule has 1 aromatic rings. The molecule has 0 saturated carbocycles. The molecule has 0 fully saturated rings. The summed E-state index contributed by atoms with van der Waals surface area (Å²) >= 11 is 0. The standard InChI is InChI=1S/C21H41N2O3P/c1-2-3-4-5-6-7-8-9-10-11-12-13-14-15-16-22-17-18-23(21-22)19-20-27(24,25)26/h17-18,21H,2-16,19-20H2,1H3,(H-,24,25,26)/p+1. The molecule has 158 valence electrons. The Kier molecular flexibility index (Phi) is 13.8. The Morgan fingerprint density at radius 2 is 1.30 bits per heavy atom. The fraction of sp³-hybridized carbons (Fsp3) is 0.857. The number of hydrogen-bond acceptors (Lipinski definition) is 1. The van der Waals surface area contributed by atoms with Gasteiger partial charge in [0.25, 0.3) is 0 Å². The number of aryl methyl sites for hydroxylation is 2. The number of aromatic nitrogens is 2. The maximum Gasteiger partial charge on any atom is 0.329 e. The van der Waals surface area contributed by atoms with Gasteiger partial charge < -0.3 is 9.79 Å². The van der Waals surface area contributed by atoms with Crippen LogP contribution in [0.2, 0.25) is 0 Å². The maximum absolute atomic E-state index is 10.9. The number of unbranched alkanes of at least 4 members (excludes halogenated alkanes) is 13. The van der Waals surface area contributed by atoms with E-state index in [0.717, 1.165) is 6.54 Å². The summed E-state index contributed by atoms with van der Waals surface area (Å²) in [7, 11) is -3.90. The van der Waals surface area contributed by atoms with Gasteiger partial charge in [0.1, 0.15) is 18.9 Å². The first-order valence-corrected chi connectivity index (χ1v) is 12.9. The Morgan fingerprint density at radius 1 is 0.815 bits per heavy atom. The molecule has 0 atom stereocenters. The Morgan fingerprint density at radius 3 is 1.78 bits per heavy atom. The van der Waals surface area contributed by atoms with Gasteiger partial charge in [-0.15, -0.1) is 0 Å². The van der Waals surface area contributed by atoms with E-state index in [9.17, 15) is 4.57 Å². The lowest BCUT2D eigenvalue weighted by molar-refractivity contribution is -0.696. The molecule has 0 amide bonds. The first kappa shape index (κ1) is 24.4. The molecule has 1 heterocycles. The van der Waals surface area contributed by atoms with Crippen molar-refractivity contribution in [2.45, 2.75) is 110 Å². The summed E-state index contributed by atoms with van der Waals surface area (Å²) in [6.45, 7) is 3.63. The molecule has 1 rings (SSSR count). The Balaban J connectivity index is 1.88. The average Bonchev–Trinajstić information content (AvgIpc) is 3.07. The van der Waals surface area contributed by atoms with Gasteiger partial charge in [-0.3, -0.25) is 4.57 Å². The van der Waals surface area contributed by atoms with E-state index in [0.29, 0.717) is 6.54 Å². The summed E-state index contributed by atoms with van der Waals surface area (Å²) in [5.74, 6) is 0. The van der Waals surface area contributed by atoms with Gasteiger partial charge in [0.05, 0.1) is 12.7 Å². The minimum atomic E-state index is -3.90. The van der Waals surface area contributed by atoms with E-state index in [1.54, 1.807) is 0 Å². The molecule has 0 aliphatic rings. The zero-order chi connectivity index (χ0) is 19.8. The van der Waals surface area contributed by atoms with Crippen molar-refractivity contribution in [1.29, 1.82) is 0 Å². The third kappa shape index (κ3) is 15.0. The van der Waals surface area contributed by atoms with Crippen LogP contribution < -0.4 is 4.57 Å². The molecule has 0 radical (unpaired) electrons. The van der Waals surface area contributed by atoms with Gasteiger partial charge >= 0.3 is 7.60 Å². The van der Waals surface area contributed by atoms with Crippen molar-refractivity contribution in [1.82, 2.24) is 4.57 Å². The highest BCUT2D eigenvalue weighted by molar-refractivity contribution is 7.51. The quantitative estimate of drug-likeness (QED) is 0.196. The van der Waals surface area contributed by atoms with Crippen molar-refractivity contribution in [2.24, 2.45) is 0 Å². The number of rotatable bonds is 18. The highest BCUT2D eigenvalue weighted by atomic mass is 31.2. The summed E-state index contributed by atoms with van der Waals surface area (Å²) in [6.07, 6.45) is 24.9. The van der Waals surface area contributed by atoms with E-state index in [4.69, 9.17) is 9.79 Å². The van der Waals surface area contributed by atoms with Gasteiger partial charge in [0.2, 0.25) is 6.33 Å². The first-order valence-electron chi connectivity index (χ1n) is 11.1. The maximum atomic E-state index is 10.9. The van der Waals surface area contributed by atoms with Gasteiger partial charge in [-0.05, 0) is 12.8 Å². The van der Waals surface area contributed by atoms with Crippen molar-refractivity contribution in [3.05, 3.63) is 18.7 Å². The third-order valence-electron chi connectivity index (χ3n) is 5.17. The van der Waals surface area contributed by atoms with Crippen molar-refractivity contribution < 1.29 is 18.9 Å². The Labute approximate surface area is 166 Å². The molecular weight excluding hydrogens is 359 g/mol. The van der Waals surface area contributed by atoms with Crippen LogP contribution in [0.5, 0.6) is 0 Å². The van der Waals surface area contributed by atoms with Crippen LogP contribution in [0.25, 0.3) is 0 Å². The van der Waals surface area contributed by atoms with E-state index < -0.39 is 7.60 Å². The number of nitrogens with zero attached hydrogens (tertiary/aromatic N) is 2. The van der Waals surface area contributed by atoms with Crippen molar-refractivity contribution in [3.63, 3.8) is 0 Å². The fourth-order valence-corrected chi connectivity index (χ4v) is 3.93. The number of imidazole rings is 1. The van der Waals surface area contributed by atoms with E-state index in [1.807, 2.05) is 23.3 Å². The third-order valence-corrected chi connectivity index (χ3v) is 5.95. The van der Waals surface area contributed by atoms with E-state index in [-0.39, 0.29) is 6.16 Å². The molecule has 6 heteroatoms. The predicted octanol–water partition coefficient (Wildman–Crippen LogP) is 5.43. The summed E-state index contributed by atoms with van der Waals surface area (Å²) in [4.78, 5) is 17.8. The van der Waals surface area contributed by atoms with Crippen LogP contribution in [0.4, 0.5) is 0 Å². The van der Waals surface area contributed by atoms with Crippen molar-refractivity contribution in [3.8, 4) is 0 Å². The van der Waals surface area contributed by atoms with Crippen LogP contribution in [0, 0.1) is 0 Å². The normalized spacial score (nSPS) is 12.0. The van der Waals surface area contributed by atoms with Gasteiger partial charge in [0.15, 0.2) is 0 Å². The summed E-state index contributed by atoms with van der Waals surface area (Å²) in [5, 5.41) is 0. The van der Waals surface area contributed by atoms with E-state index in [2.05, 4.69) is 11.5 Å². The van der Waals surface area contributed by atoms with Crippen LogP contribution >= 0.6 is 7.60 Å². The first-order chi connectivity index (χ1) is 13.0. The summed E-state index contributed by atoms with van der Waals surface area (Å²) < 4.78 is 14.9. The van der Waals surface area contributed by atoms with Crippen LogP contribution in [-0.4, -0.2) is 20.5 Å². The van der Waals surface area contributed by atoms with E-state index >= 15 is 0 Å². The van der Waals surface area contributed by atoms with Gasteiger partial charge in [0, 0.05) is 0 Å². The van der Waals surface area contributed by atoms with Gasteiger partial charge in [-0.2, -0.15) is 0 Å². The summed E-state index contributed by atoms with van der Waals surface area (Å²) in [6, 6.07) is 0. The molecule has 5 nitrogen and oxygen atoms in total. The van der Waals surface area contributed by atoms with Crippen molar-refractivity contribution in [2.75, 3.05) is 6.16 Å². The fourth-order valence-electron chi connectivity index (χ4n) is 3.44. The average molecular weight is 402 g/mol. The van der Waals surface area contributed by atoms with E-state index in [1.165, 1.54) is 89.9 Å². The lowest BCUT2D eigenvalue weighted by Gasteiger charge is -2.03. The predicted molar refractivity (Wildman–Crippen MR) is 112 cm³/mol. The SMILES string of the molecule is CCCCCCCCCCCCCCCC[n+]1ccn(CCP(=O)(O)O)c1. The van der Waals surface area contributed by atoms with Crippen LogP contribution in [0.3, 0.4) is 0 Å². The van der Waals surface area contributed by atoms with Gasteiger partial charge in [-0.1, -0.05) is 84.0 Å². The largest absolute Gasteiger partial charge is 0.329 e. The molecule has 0 aromatic carbocycles. The topological polar surface area (TPSA) is 66.3 Å². The monoisotopic (exact) mass is 401 g/mol. The summed E-state index contributed by atoms with van der Waals surface area (Å²) in [5.41, 5.74) is 0. The second-order valence-corrected chi connectivity index (χ2v) is 9.65. The molecule has 0 bridgehead atoms. The molecule has 27 heavy (non-hydrogen) atoms. The van der Waals surface area contributed by atoms with Crippen LogP contribution in [0.15, 0.2) is 18.7 Å². The highest BCUT2D eigenvalue weighted by Gasteiger charge is 2.15. The molecule has 0 aliphatic heterocycles.